The summed E-state index contributed by atoms with van der Waals surface area (Å²) in [5, 5.41) is 6.78. The fraction of sp³-hybridized carbons (Fsp3) is 0.300. The Balaban J connectivity index is 0.00000151. The van der Waals surface area contributed by atoms with E-state index in [-0.39, 0.29) is 5.56 Å². The fourth-order valence-corrected chi connectivity index (χ4v) is 2.35. The van der Waals surface area contributed by atoms with Gasteiger partial charge in [0, 0.05) is 12.0 Å². The molecule has 0 saturated carbocycles. The zero-order chi connectivity index (χ0) is 18.8. The van der Waals surface area contributed by atoms with Crippen molar-refractivity contribution in [3.05, 3.63) is 81.2 Å². The summed E-state index contributed by atoms with van der Waals surface area (Å²) in [7, 11) is 1.55. The highest BCUT2D eigenvalue weighted by molar-refractivity contribution is 5.57. The Kier molecular flexibility index (Phi) is 8.19. The molecular formula is C20H27N3O2. The van der Waals surface area contributed by atoms with Gasteiger partial charge in [0.25, 0.3) is 5.56 Å². The minimum absolute atomic E-state index is 0.161. The van der Waals surface area contributed by atoms with Crippen LogP contribution in [0.5, 0.6) is 0 Å². The van der Waals surface area contributed by atoms with E-state index in [4.69, 9.17) is 10.5 Å². The number of aromatic amines is 1. The van der Waals surface area contributed by atoms with Crippen LogP contribution in [0.15, 0.2) is 58.8 Å². The second-order valence-corrected chi connectivity index (χ2v) is 5.33. The summed E-state index contributed by atoms with van der Waals surface area (Å²) < 4.78 is 5.15. The predicted molar refractivity (Wildman–Crippen MR) is 104 cm³/mol. The first-order valence-corrected chi connectivity index (χ1v) is 8.32. The Hall–Kier alpha value is -2.82. The standard InChI is InChI=1S/C18H21N3O2.C2H6/c1-12(9-10-17(23-3)13(2)19)11-16-14-7-5-4-6-8-15(14)18(22)21-20-16;1-2/h4-6,8-10H,2,7,11,19H2,1,3H3,(H,21,22);1-2H3/b12-9+,17-10+;. The Bertz CT molecular complexity index is 781. The van der Waals surface area contributed by atoms with Crippen LogP contribution in [-0.2, 0) is 17.6 Å². The average Bonchev–Trinajstić information content (AvgIpc) is 2.86. The molecule has 25 heavy (non-hydrogen) atoms. The number of nitrogens with two attached hydrogens (primary N) is 1. The van der Waals surface area contributed by atoms with Crippen molar-refractivity contribution in [2.24, 2.45) is 5.73 Å². The van der Waals surface area contributed by atoms with Gasteiger partial charge >= 0.3 is 0 Å². The van der Waals surface area contributed by atoms with E-state index >= 15 is 0 Å². The molecule has 134 valence electrons. The van der Waals surface area contributed by atoms with Crippen LogP contribution in [0.2, 0.25) is 0 Å². The van der Waals surface area contributed by atoms with E-state index in [0.29, 0.717) is 29.9 Å². The number of fused-ring (bicyclic) bond motifs is 1. The van der Waals surface area contributed by atoms with E-state index in [2.05, 4.69) is 16.8 Å². The summed E-state index contributed by atoms with van der Waals surface area (Å²) in [4.78, 5) is 11.9. The predicted octanol–water partition coefficient (Wildman–Crippen LogP) is 3.41. The molecule has 0 radical (unpaired) electrons. The first kappa shape index (κ1) is 20.2. The number of nitrogens with zero attached hydrogens (tertiary/aromatic N) is 1. The molecule has 1 aliphatic rings. The number of nitrogens with one attached hydrogen (secondary N) is 1. The van der Waals surface area contributed by atoms with Gasteiger partial charge in [-0.25, -0.2) is 5.10 Å². The van der Waals surface area contributed by atoms with Crippen molar-refractivity contribution >= 4 is 6.08 Å². The Morgan fingerprint density at radius 2 is 2.12 bits per heavy atom. The van der Waals surface area contributed by atoms with Crippen LogP contribution in [0.25, 0.3) is 6.08 Å². The molecule has 0 aromatic carbocycles. The van der Waals surface area contributed by atoms with E-state index in [0.717, 1.165) is 16.8 Å². The highest BCUT2D eigenvalue weighted by atomic mass is 16.5. The van der Waals surface area contributed by atoms with E-state index in [1.165, 1.54) is 0 Å². The van der Waals surface area contributed by atoms with Crippen LogP contribution in [0.4, 0.5) is 0 Å². The molecule has 0 saturated heterocycles. The number of hydrogen-bond donors (Lipinski definition) is 2. The van der Waals surface area contributed by atoms with Gasteiger partial charge < -0.3 is 10.5 Å². The van der Waals surface area contributed by atoms with E-state index in [9.17, 15) is 4.79 Å². The summed E-state index contributed by atoms with van der Waals surface area (Å²) in [5.41, 5.74) is 9.42. The Labute approximate surface area is 149 Å². The molecule has 5 nitrogen and oxygen atoms in total. The third-order valence-electron chi connectivity index (χ3n) is 3.54. The van der Waals surface area contributed by atoms with Crippen molar-refractivity contribution in [3.8, 4) is 0 Å². The molecule has 3 N–H and O–H groups in total. The van der Waals surface area contributed by atoms with Crippen molar-refractivity contribution < 1.29 is 4.74 Å². The van der Waals surface area contributed by atoms with Gasteiger partial charge in [-0.2, -0.15) is 5.10 Å². The van der Waals surface area contributed by atoms with E-state index in [1.54, 1.807) is 13.2 Å². The molecule has 0 aliphatic heterocycles. The molecule has 0 bridgehead atoms. The van der Waals surface area contributed by atoms with Gasteiger partial charge in [0.05, 0.1) is 18.5 Å². The zero-order valence-electron chi connectivity index (χ0n) is 15.4. The van der Waals surface area contributed by atoms with Crippen LogP contribution in [0, 0.1) is 0 Å². The number of H-pyrrole nitrogens is 1. The molecule has 0 amide bonds. The number of aromatic nitrogens is 2. The molecule has 1 aromatic heterocycles. The van der Waals surface area contributed by atoms with Crippen LogP contribution in [0.3, 0.4) is 0 Å². The molecule has 1 heterocycles. The lowest BCUT2D eigenvalue weighted by atomic mass is 10.0. The van der Waals surface area contributed by atoms with Crippen molar-refractivity contribution in [2.75, 3.05) is 7.11 Å². The largest absolute Gasteiger partial charge is 0.495 e. The zero-order valence-corrected chi connectivity index (χ0v) is 15.4. The second-order valence-electron chi connectivity index (χ2n) is 5.33. The lowest BCUT2D eigenvalue weighted by Gasteiger charge is -2.09. The number of rotatable bonds is 5. The van der Waals surface area contributed by atoms with Gasteiger partial charge in [-0.3, -0.25) is 4.79 Å². The molecule has 0 spiro atoms. The third kappa shape index (κ3) is 5.64. The molecular weight excluding hydrogens is 314 g/mol. The first-order valence-electron chi connectivity index (χ1n) is 8.32. The molecule has 1 aliphatic carbocycles. The van der Waals surface area contributed by atoms with Crippen LogP contribution in [-0.4, -0.2) is 17.3 Å². The number of ether oxygens (including phenoxy) is 1. The normalized spacial score (nSPS) is 13.4. The number of allylic oxidation sites excluding steroid dienone is 6. The highest BCUT2D eigenvalue weighted by Gasteiger charge is 2.12. The maximum atomic E-state index is 11.9. The summed E-state index contributed by atoms with van der Waals surface area (Å²) >= 11 is 0. The summed E-state index contributed by atoms with van der Waals surface area (Å²) in [6.07, 6.45) is 12.7. The molecule has 0 unspecified atom stereocenters. The lowest BCUT2D eigenvalue weighted by Crippen LogP contribution is -2.17. The second kappa shape index (κ2) is 10.1. The van der Waals surface area contributed by atoms with Crippen LogP contribution < -0.4 is 11.3 Å². The summed E-state index contributed by atoms with van der Waals surface area (Å²) in [5.74, 6) is 0.531. The monoisotopic (exact) mass is 341 g/mol. The van der Waals surface area contributed by atoms with Gasteiger partial charge in [-0.1, -0.05) is 50.3 Å². The molecule has 2 rings (SSSR count). The molecule has 0 atom stereocenters. The lowest BCUT2D eigenvalue weighted by molar-refractivity contribution is 0.300. The quantitative estimate of drug-likeness (QED) is 0.635. The maximum Gasteiger partial charge on any atom is 0.271 e. The minimum atomic E-state index is -0.161. The van der Waals surface area contributed by atoms with E-state index < -0.39 is 0 Å². The molecule has 5 heteroatoms. The van der Waals surface area contributed by atoms with Crippen LogP contribution in [0.1, 0.15) is 37.6 Å². The summed E-state index contributed by atoms with van der Waals surface area (Å²) in [6.45, 7) is 9.64. The van der Waals surface area contributed by atoms with Gasteiger partial charge in [0.15, 0.2) is 0 Å². The third-order valence-corrected chi connectivity index (χ3v) is 3.54. The molecule has 1 aromatic rings. The average molecular weight is 341 g/mol. The van der Waals surface area contributed by atoms with E-state index in [1.807, 2.05) is 51.2 Å². The molecule has 0 fully saturated rings. The van der Waals surface area contributed by atoms with Crippen molar-refractivity contribution in [1.82, 2.24) is 10.2 Å². The minimum Gasteiger partial charge on any atom is -0.495 e. The Morgan fingerprint density at radius 1 is 1.40 bits per heavy atom. The van der Waals surface area contributed by atoms with Crippen molar-refractivity contribution in [2.45, 2.75) is 33.6 Å². The highest BCUT2D eigenvalue weighted by Crippen LogP contribution is 2.17. The summed E-state index contributed by atoms with van der Waals surface area (Å²) in [6, 6.07) is 0. The van der Waals surface area contributed by atoms with Gasteiger partial charge in [-0.05, 0) is 31.1 Å². The van der Waals surface area contributed by atoms with Gasteiger partial charge in [0.2, 0.25) is 0 Å². The topological polar surface area (TPSA) is 81.0 Å². The number of hydrogen-bond acceptors (Lipinski definition) is 4. The smallest absolute Gasteiger partial charge is 0.271 e. The fourth-order valence-electron chi connectivity index (χ4n) is 2.35. The SMILES string of the molecule is C=C(N)/C(=C\C=C(/C)Cc1n[nH]c(=O)c2c1CC=CC=C2)OC.CC. The van der Waals surface area contributed by atoms with Gasteiger partial charge in [0.1, 0.15) is 5.76 Å². The Morgan fingerprint density at radius 3 is 2.76 bits per heavy atom. The number of methoxy groups -OCH3 is 1. The van der Waals surface area contributed by atoms with Gasteiger partial charge in [-0.15, -0.1) is 0 Å². The maximum absolute atomic E-state index is 11.9. The first-order chi connectivity index (χ1) is 12.0. The van der Waals surface area contributed by atoms with Crippen molar-refractivity contribution in [1.29, 1.82) is 0 Å². The van der Waals surface area contributed by atoms with Crippen LogP contribution >= 0.6 is 0 Å². The van der Waals surface area contributed by atoms with Crippen molar-refractivity contribution in [3.63, 3.8) is 0 Å².